The molecule has 1 saturated heterocycles. The molecule has 0 N–H and O–H groups in total. The fourth-order valence-corrected chi connectivity index (χ4v) is 3.23. The van der Waals surface area contributed by atoms with Crippen molar-refractivity contribution in [1.82, 2.24) is 24.0 Å². The van der Waals surface area contributed by atoms with Crippen LogP contribution in [0.15, 0.2) is 18.6 Å². The van der Waals surface area contributed by atoms with Crippen LogP contribution in [-0.2, 0) is 29.7 Å². The van der Waals surface area contributed by atoms with Gasteiger partial charge in [-0.25, -0.2) is 9.97 Å². The zero-order chi connectivity index (χ0) is 17.3. The summed E-state index contributed by atoms with van der Waals surface area (Å²) in [5.41, 5.74) is 0. The Bertz CT molecular complexity index is 726. The molecule has 0 aliphatic carbocycles. The minimum Gasteiger partial charge on any atom is -0.369 e. The van der Waals surface area contributed by atoms with Crippen molar-refractivity contribution in [3.63, 3.8) is 0 Å². The number of rotatable bonds is 5. The van der Waals surface area contributed by atoms with Crippen LogP contribution in [0.25, 0.3) is 0 Å². The lowest BCUT2D eigenvalue weighted by molar-refractivity contribution is -0.137. The molecule has 2 aromatic heterocycles. The fraction of sp³-hybridized carbons (Fsp3) is 0.562. The molecule has 0 spiro atoms. The van der Waals surface area contributed by atoms with E-state index in [0.717, 1.165) is 18.2 Å². The SMILES string of the molecule is CCn1ccnc1[C@@H]1OCC[C@H]1C(=O)N(C)Cc1ncc(Cl)n1C. The molecule has 0 radical (unpaired) electrons. The third kappa shape index (κ3) is 3.06. The van der Waals surface area contributed by atoms with Crippen LogP contribution < -0.4 is 0 Å². The number of carbonyl (C=O) groups is 1. The van der Waals surface area contributed by atoms with Gasteiger partial charge in [-0.2, -0.15) is 0 Å². The van der Waals surface area contributed by atoms with E-state index >= 15 is 0 Å². The summed E-state index contributed by atoms with van der Waals surface area (Å²) in [5, 5.41) is 0.554. The first-order valence-corrected chi connectivity index (χ1v) is 8.44. The molecule has 0 bridgehead atoms. The van der Waals surface area contributed by atoms with Crippen molar-refractivity contribution in [1.29, 1.82) is 0 Å². The molecule has 1 aliphatic heterocycles. The van der Waals surface area contributed by atoms with E-state index in [-0.39, 0.29) is 17.9 Å². The fourth-order valence-electron chi connectivity index (χ4n) is 3.09. The van der Waals surface area contributed by atoms with Gasteiger partial charge in [0.2, 0.25) is 5.91 Å². The first kappa shape index (κ1) is 17.0. The van der Waals surface area contributed by atoms with E-state index in [1.807, 2.05) is 24.7 Å². The van der Waals surface area contributed by atoms with Gasteiger partial charge in [-0.05, 0) is 13.3 Å². The summed E-state index contributed by atoms with van der Waals surface area (Å²) in [6, 6.07) is 0. The Morgan fingerprint density at radius 1 is 1.50 bits per heavy atom. The highest BCUT2D eigenvalue weighted by atomic mass is 35.5. The number of aryl methyl sites for hydroxylation is 1. The lowest BCUT2D eigenvalue weighted by atomic mass is 9.99. The second kappa shape index (κ2) is 6.94. The number of hydrogen-bond acceptors (Lipinski definition) is 4. The minimum atomic E-state index is -0.292. The van der Waals surface area contributed by atoms with Gasteiger partial charge >= 0.3 is 0 Å². The molecule has 1 aliphatic rings. The molecule has 3 heterocycles. The van der Waals surface area contributed by atoms with Gasteiger partial charge in [0, 0.05) is 39.6 Å². The number of aromatic nitrogens is 4. The molecule has 2 atom stereocenters. The predicted octanol–water partition coefficient (Wildman–Crippen LogP) is 2.03. The van der Waals surface area contributed by atoms with Crippen molar-refractivity contribution in [2.24, 2.45) is 13.0 Å². The summed E-state index contributed by atoms with van der Waals surface area (Å²) in [6.07, 6.45) is 5.67. The van der Waals surface area contributed by atoms with Crippen LogP contribution in [0.5, 0.6) is 0 Å². The Hall–Kier alpha value is -1.86. The van der Waals surface area contributed by atoms with E-state index in [0.29, 0.717) is 24.7 Å². The molecule has 7 nitrogen and oxygen atoms in total. The molecule has 0 saturated carbocycles. The van der Waals surface area contributed by atoms with Crippen LogP contribution in [0.1, 0.15) is 31.1 Å². The zero-order valence-corrected chi connectivity index (χ0v) is 14.9. The molecule has 8 heteroatoms. The number of amides is 1. The normalized spacial score (nSPS) is 20.5. The lowest BCUT2D eigenvalue weighted by Gasteiger charge is -2.24. The third-order valence-electron chi connectivity index (χ3n) is 4.53. The second-order valence-electron chi connectivity index (χ2n) is 6.01. The van der Waals surface area contributed by atoms with Crippen molar-refractivity contribution in [3.05, 3.63) is 35.4 Å². The molecule has 3 rings (SSSR count). The van der Waals surface area contributed by atoms with Crippen LogP contribution in [0.2, 0.25) is 5.15 Å². The predicted molar refractivity (Wildman–Crippen MR) is 89.4 cm³/mol. The van der Waals surface area contributed by atoms with Crippen LogP contribution in [-0.4, -0.2) is 43.6 Å². The second-order valence-corrected chi connectivity index (χ2v) is 6.40. The molecule has 1 amide bonds. The van der Waals surface area contributed by atoms with Gasteiger partial charge in [-0.3, -0.25) is 4.79 Å². The first-order chi connectivity index (χ1) is 11.5. The van der Waals surface area contributed by atoms with Gasteiger partial charge in [0.1, 0.15) is 22.9 Å². The topological polar surface area (TPSA) is 65.2 Å². The molecule has 24 heavy (non-hydrogen) atoms. The minimum absolute atomic E-state index is 0.0438. The van der Waals surface area contributed by atoms with Crippen molar-refractivity contribution in [2.45, 2.75) is 32.5 Å². The quantitative estimate of drug-likeness (QED) is 0.826. The maximum absolute atomic E-state index is 12.9. The van der Waals surface area contributed by atoms with Crippen molar-refractivity contribution < 1.29 is 9.53 Å². The summed E-state index contributed by atoms with van der Waals surface area (Å²) < 4.78 is 9.63. The largest absolute Gasteiger partial charge is 0.369 e. The molecule has 1 fully saturated rings. The van der Waals surface area contributed by atoms with Gasteiger partial charge in [0.05, 0.1) is 18.7 Å². The van der Waals surface area contributed by atoms with E-state index in [1.54, 1.807) is 28.9 Å². The Kier molecular flexibility index (Phi) is 4.91. The average Bonchev–Trinajstić information content (AvgIpc) is 3.29. The molecular formula is C16H22ClN5O2. The van der Waals surface area contributed by atoms with E-state index in [2.05, 4.69) is 9.97 Å². The number of nitrogens with zero attached hydrogens (tertiary/aromatic N) is 5. The smallest absolute Gasteiger partial charge is 0.229 e. The molecule has 130 valence electrons. The Balaban J connectivity index is 1.74. The standard InChI is InChI=1S/C16H22ClN5O2/c1-4-22-7-6-18-15(22)14-11(5-8-24-14)16(23)20(2)10-13-19-9-12(17)21(13)3/h6-7,9,11,14H,4-5,8,10H2,1-3H3/t11-,14-/m1/s1. The summed E-state index contributed by atoms with van der Waals surface area (Å²) in [4.78, 5) is 23.2. The van der Waals surface area contributed by atoms with Gasteiger partial charge in [0.25, 0.3) is 0 Å². The Morgan fingerprint density at radius 2 is 2.29 bits per heavy atom. The number of hydrogen-bond donors (Lipinski definition) is 0. The van der Waals surface area contributed by atoms with E-state index in [9.17, 15) is 4.79 Å². The molecule has 0 aromatic carbocycles. The number of ether oxygens (including phenoxy) is 1. The summed E-state index contributed by atoms with van der Waals surface area (Å²) >= 11 is 6.01. The van der Waals surface area contributed by atoms with Crippen molar-refractivity contribution in [2.75, 3.05) is 13.7 Å². The summed E-state index contributed by atoms with van der Waals surface area (Å²) in [5.74, 6) is 1.39. The van der Waals surface area contributed by atoms with Crippen LogP contribution >= 0.6 is 11.6 Å². The van der Waals surface area contributed by atoms with Gasteiger partial charge < -0.3 is 18.8 Å². The molecule has 0 unspecified atom stereocenters. The van der Waals surface area contributed by atoms with E-state index < -0.39 is 0 Å². The van der Waals surface area contributed by atoms with Crippen molar-refractivity contribution in [3.8, 4) is 0 Å². The lowest BCUT2D eigenvalue weighted by Crippen LogP contribution is -2.35. The number of halogens is 1. The van der Waals surface area contributed by atoms with E-state index in [4.69, 9.17) is 16.3 Å². The summed E-state index contributed by atoms with van der Waals surface area (Å²) in [6.45, 7) is 3.83. The average molecular weight is 352 g/mol. The monoisotopic (exact) mass is 351 g/mol. The number of imidazole rings is 2. The van der Waals surface area contributed by atoms with Crippen LogP contribution in [0, 0.1) is 5.92 Å². The first-order valence-electron chi connectivity index (χ1n) is 8.06. The molecular weight excluding hydrogens is 330 g/mol. The maximum Gasteiger partial charge on any atom is 0.229 e. The zero-order valence-electron chi connectivity index (χ0n) is 14.1. The van der Waals surface area contributed by atoms with Gasteiger partial charge in [-0.15, -0.1) is 0 Å². The van der Waals surface area contributed by atoms with Gasteiger partial charge in [0.15, 0.2) is 0 Å². The van der Waals surface area contributed by atoms with Gasteiger partial charge in [-0.1, -0.05) is 11.6 Å². The Labute approximate surface area is 146 Å². The highest BCUT2D eigenvalue weighted by molar-refractivity contribution is 6.29. The summed E-state index contributed by atoms with van der Waals surface area (Å²) in [7, 11) is 3.62. The third-order valence-corrected chi connectivity index (χ3v) is 4.89. The number of carbonyl (C=O) groups excluding carboxylic acids is 1. The highest BCUT2D eigenvalue weighted by Gasteiger charge is 2.39. The Morgan fingerprint density at radius 3 is 2.96 bits per heavy atom. The maximum atomic E-state index is 12.9. The van der Waals surface area contributed by atoms with Crippen LogP contribution in [0.3, 0.4) is 0 Å². The van der Waals surface area contributed by atoms with Crippen LogP contribution in [0.4, 0.5) is 0 Å². The van der Waals surface area contributed by atoms with E-state index in [1.165, 1.54) is 0 Å². The molecule has 2 aromatic rings. The highest BCUT2D eigenvalue weighted by Crippen LogP contribution is 2.35. The van der Waals surface area contributed by atoms with Crippen molar-refractivity contribution >= 4 is 17.5 Å².